The van der Waals surface area contributed by atoms with Crippen LogP contribution in [-0.2, 0) is 28.6 Å². The molecule has 6 heteroatoms. The number of carbonyl (C=O) groups excluding carboxylic acids is 3. The van der Waals surface area contributed by atoms with E-state index in [1.165, 1.54) is 116 Å². The van der Waals surface area contributed by atoms with Crippen LogP contribution in [0.4, 0.5) is 0 Å². The van der Waals surface area contributed by atoms with Crippen molar-refractivity contribution in [1.29, 1.82) is 0 Å². The second-order valence-corrected chi connectivity index (χ2v) is 19.3. The highest BCUT2D eigenvalue weighted by Gasteiger charge is 2.19. The lowest BCUT2D eigenvalue weighted by Crippen LogP contribution is -2.30. The second kappa shape index (κ2) is 59.4. The number of ether oxygens (including phenoxy) is 3. The van der Waals surface area contributed by atoms with Gasteiger partial charge in [-0.05, 0) is 96.3 Å². The maximum atomic E-state index is 12.9. The first-order valence-electron chi connectivity index (χ1n) is 29.6. The fourth-order valence-corrected chi connectivity index (χ4v) is 7.95. The summed E-state index contributed by atoms with van der Waals surface area (Å²) in [5, 5.41) is 0. The molecule has 0 aliphatic carbocycles. The van der Waals surface area contributed by atoms with Gasteiger partial charge in [-0.15, -0.1) is 0 Å². The molecule has 0 fully saturated rings. The Morgan fingerprint density at radius 3 is 1.04 bits per heavy atom. The van der Waals surface area contributed by atoms with Crippen LogP contribution in [0.5, 0.6) is 0 Å². The summed E-state index contributed by atoms with van der Waals surface area (Å²) in [6, 6.07) is 0. The molecule has 0 aromatic rings. The summed E-state index contributed by atoms with van der Waals surface area (Å²) >= 11 is 0. The van der Waals surface area contributed by atoms with E-state index in [1.807, 2.05) is 60.8 Å². The third-order valence-electron chi connectivity index (χ3n) is 12.3. The van der Waals surface area contributed by atoms with E-state index in [2.05, 4.69) is 81.5 Å². The smallest absolute Gasteiger partial charge is 0.306 e. The van der Waals surface area contributed by atoms with E-state index < -0.39 is 6.10 Å². The molecule has 0 saturated heterocycles. The highest BCUT2D eigenvalue weighted by atomic mass is 16.6. The van der Waals surface area contributed by atoms with Crippen LogP contribution in [0.3, 0.4) is 0 Å². The Labute approximate surface area is 443 Å². The van der Waals surface area contributed by atoms with Crippen LogP contribution in [0.25, 0.3) is 0 Å². The summed E-state index contributed by atoms with van der Waals surface area (Å²) in [4.78, 5) is 38.2. The summed E-state index contributed by atoms with van der Waals surface area (Å²) < 4.78 is 16.9. The monoisotopic (exact) mass is 997 g/mol. The number of carbonyl (C=O) groups is 3. The molecule has 0 aromatic heterocycles. The molecule has 0 heterocycles. The van der Waals surface area contributed by atoms with Gasteiger partial charge in [0.15, 0.2) is 6.10 Å². The first kappa shape index (κ1) is 67.8. The summed E-state index contributed by atoms with van der Waals surface area (Å²) in [5.74, 6) is -0.958. The Morgan fingerprint density at radius 2 is 0.611 bits per heavy atom. The second-order valence-electron chi connectivity index (χ2n) is 19.3. The Morgan fingerprint density at radius 1 is 0.306 bits per heavy atom. The Kier molecular flexibility index (Phi) is 55.9. The average Bonchev–Trinajstić information content (AvgIpc) is 3.38. The Balaban J connectivity index is 4.49. The summed E-state index contributed by atoms with van der Waals surface area (Å²) in [7, 11) is 0. The lowest BCUT2D eigenvalue weighted by atomic mass is 10.1. The maximum absolute atomic E-state index is 12.9. The molecule has 0 aliphatic heterocycles. The first-order valence-corrected chi connectivity index (χ1v) is 29.6. The number of hydrogen-bond acceptors (Lipinski definition) is 6. The minimum absolute atomic E-state index is 0.101. The molecule has 0 radical (unpaired) electrons. The van der Waals surface area contributed by atoms with Gasteiger partial charge in [0.25, 0.3) is 0 Å². The van der Waals surface area contributed by atoms with Gasteiger partial charge in [0.1, 0.15) is 13.2 Å². The van der Waals surface area contributed by atoms with Crippen molar-refractivity contribution in [1.82, 2.24) is 0 Å². The van der Waals surface area contributed by atoms with E-state index in [1.54, 1.807) is 0 Å². The molecule has 6 nitrogen and oxygen atoms in total. The van der Waals surface area contributed by atoms with Crippen molar-refractivity contribution in [2.24, 2.45) is 0 Å². The van der Waals surface area contributed by atoms with Crippen LogP contribution in [-0.4, -0.2) is 37.2 Å². The molecular weight excluding hydrogens is 889 g/mol. The lowest BCUT2D eigenvalue weighted by Gasteiger charge is -2.18. The molecule has 0 amide bonds. The van der Waals surface area contributed by atoms with Crippen molar-refractivity contribution in [2.45, 2.75) is 264 Å². The molecule has 1 unspecified atom stereocenters. The van der Waals surface area contributed by atoms with Gasteiger partial charge in [-0.1, -0.05) is 264 Å². The highest BCUT2D eigenvalue weighted by Crippen LogP contribution is 2.15. The predicted octanol–water partition coefficient (Wildman–Crippen LogP) is 20.0. The van der Waals surface area contributed by atoms with Gasteiger partial charge in [0.2, 0.25) is 0 Å². The van der Waals surface area contributed by atoms with Crippen molar-refractivity contribution in [2.75, 3.05) is 13.2 Å². The number of esters is 3. The van der Waals surface area contributed by atoms with Gasteiger partial charge in [-0.2, -0.15) is 0 Å². The zero-order chi connectivity index (χ0) is 52.2. The van der Waals surface area contributed by atoms with Crippen molar-refractivity contribution in [3.63, 3.8) is 0 Å². The summed E-state index contributed by atoms with van der Waals surface area (Å²) in [5.41, 5.74) is 0. The van der Waals surface area contributed by atoms with E-state index in [-0.39, 0.29) is 31.1 Å². The number of hydrogen-bond donors (Lipinski definition) is 0. The SMILES string of the molecule is CC\C=C/C=C\C=C/C=C\C=C\C=C/CCCCCC(=O)OCC(COC(=O)CCCCCCCCCCC/C=C\C/C=C\C/C=C\CC)OC(=O)CCCCCCC/C=C\CCCCCCCCCCC. The molecule has 0 rings (SSSR count). The zero-order valence-electron chi connectivity index (χ0n) is 46.7. The third-order valence-corrected chi connectivity index (χ3v) is 12.3. The first-order chi connectivity index (χ1) is 35.5. The van der Waals surface area contributed by atoms with Gasteiger partial charge in [0.05, 0.1) is 0 Å². The normalized spacial score (nSPS) is 13.0. The molecular formula is C66H108O6. The van der Waals surface area contributed by atoms with Crippen LogP contribution in [0.2, 0.25) is 0 Å². The number of rotatable bonds is 52. The molecule has 0 aromatic carbocycles. The number of allylic oxidation sites excluding steroid dienone is 20. The maximum Gasteiger partial charge on any atom is 0.306 e. The van der Waals surface area contributed by atoms with Crippen molar-refractivity contribution >= 4 is 17.9 Å². The molecule has 72 heavy (non-hydrogen) atoms. The Bertz CT molecular complexity index is 1520. The van der Waals surface area contributed by atoms with Gasteiger partial charge in [0, 0.05) is 19.3 Å². The van der Waals surface area contributed by atoms with Crippen LogP contribution < -0.4 is 0 Å². The standard InChI is InChI=1S/C66H108O6/c1-4-7-10-13-16-19-22-25-28-31-33-36-38-41-44-47-50-53-56-59-65(68)71-62-63(61-70-64(67)58-55-52-49-46-43-40-37-34-30-27-24-21-18-15-12-9-6-3)72-66(69)60-57-54-51-48-45-42-39-35-32-29-26-23-20-17-14-11-8-5-2/h7,9-10,12,15-16,18-19,21,24-25,27-28,30,34-35,37,39-40,43,63H,4-6,8,11,13-14,17,20,22-23,26,29,31-33,36,38,41-42,44-62H2,1-3H3/b10-7-,12-9-,18-15-,19-16-,24-21-,28-25-,30-27-,37-34+,39-35-,43-40-. The minimum atomic E-state index is -0.808. The molecule has 0 saturated carbocycles. The van der Waals surface area contributed by atoms with Crippen molar-refractivity contribution in [3.05, 3.63) is 122 Å². The van der Waals surface area contributed by atoms with Gasteiger partial charge in [-0.25, -0.2) is 0 Å². The van der Waals surface area contributed by atoms with Crippen LogP contribution in [0.1, 0.15) is 258 Å². The van der Waals surface area contributed by atoms with Gasteiger partial charge in [-0.3, -0.25) is 14.4 Å². The minimum Gasteiger partial charge on any atom is -0.462 e. The average molecular weight is 998 g/mol. The van der Waals surface area contributed by atoms with Crippen molar-refractivity contribution < 1.29 is 28.6 Å². The molecule has 0 aliphatic rings. The van der Waals surface area contributed by atoms with Crippen LogP contribution in [0, 0.1) is 0 Å². The van der Waals surface area contributed by atoms with E-state index in [0.717, 1.165) is 103 Å². The van der Waals surface area contributed by atoms with E-state index in [0.29, 0.717) is 19.3 Å². The lowest BCUT2D eigenvalue weighted by molar-refractivity contribution is -0.167. The fourth-order valence-electron chi connectivity index (χ4n) is 7.95. The topological polar surface area (TPSA) is 78.9 Å². The molecule has 0 N–H and O–H groups in total. The van der Waals surface area contributed by atoms with Gasteiger partial charge >= 0.3 is 17.9 Å². The molecule has 0 spiro atoms. The van der Waals surface area contributed by atoms with E-state index >= 15 is 0 Å². The predicted molar refractivity (Wildman–Crippen MR) is 311 cm³/mol. The van der Waals surface area contributed by atoms with Gasteiger partial charge < -0.3 is 14.2 Å². The molecule has 408 valence electrons. The largest absolute Gasteiger partial charge is 0.462 e. The molecule has 0 bridgehead atoms. The highest BCUT2D eigenvalue weighted by molar-refractivity contribution is 5.71. The zero-order valence-corrected chi connectivity index (χ0v) is 46.7. The van der Waals surface area contributed by atoms with E-state index in [4.69, 9.17) is 14.2 Å². The Hall–Kier alpha value is -4.19. The van der Waals surface area contributed by atoms with Crippen molar-refractivity contribution in [3.8, 4) is 0 Å². The third kappa shape index (κ3) is 56.7. The van der Waals surface area contributed by atoms with Crippen LogP contribution >= 0.6 is 0 Å². The summed E-state index contributed by atoms with van der Waals surface area (Å²) in [6.45, 7) is 6.34. The van der Waals surface area contributed by atoms with Crippen LogP contribution in [0.15, 0.2) is 122 Å². The number of unbranched alkanes of at least 4 members (excludes halogenated alkanes) is 26. The van der Waals surface area contributed by atoms with E-state index in [9.17, 15) is 14.4 Å². The molecule has 1 atom stereocenters. The fraction of sp³-hybridized carbons (Fsp3) is 0.652. The quantitative estimate of drug-likeness (QED) is 0.0199. The summed E-state index contributed by atoms with van der Waals surface area (Å²) in [6.07, 6.45) is 81.9.